The number of rotatable bonds is 3. The van der Waals surface area contributed by atoms with Gasteiger partial charge in [-0.3, -0.25) is 14.5 Å². The first-order chi connectivity index (χ1) is 16.6. The number of aryl methyl sites for hydroxylation is 1. The Hall–Kier alpha value is -3.35. The molecule has 0 aromatic heterocycles. The Balaban J connectivity index is 1.42. The van der Waals surface area contributed by atoms with Gasteiger partial charge < -0.3 is 15.0 Å². The number of nitrogens with one attached hydrogen (secondary N) is 1. The maximum Gasteiger partial charge on any atom is 0.411 e. The molecule has 2 aromatic rings. The van der Waals surface area contributed by atoms with Crippen LogP contribution >= 0.6 is 0 Å². The predicted molar refractivity (Wildman–Crippen MR) is 135 cm³/mol. The van der Waals surface area contributed by atoms with Gasteiger partial charge in [-0.15, -0.1) is 0 Å². The topological polar surface area (TPSA) is 79.0 Å². The number of carbonyl (C=O) groups is 3. The lowest BCUT2D eigenvalue weighted by molar-refractivity contribution is -0.140. The van der Waals surface area contributed by atoms with E-state index in [1.807, 2.05) is 76.2 Å². The Morgan fingerprint density at radius 3 is 2.20 bits per heavy atom. The molecule has 7 heteroatoms. The molecule has 0 radical (unpaired) electrons. The molecule has 2 heterocycles. The predicted octanol–water partition coefficient (Wildman–Crippen LogP) is 4.53. The fraction of sp³-hybridized carbons (Fsp3) is 0.464. The molecule has 0 aliphatic carbocycles. The number of hydrogen-bond donors (Lipinski definition) is 1. The minimum absolute atomic E-state index is 0.0112. The average Bonchev–Trinajstić information content (AvgIpc) is 2.83. The van der Waals surface area contributed by atoms with Gasteiger partial charge in [-0.2, -0.15) is 0 Å². The van der Waals surface area contributed by atoms with Crippen LogP contribution in [-0.4, -0.2) is 52.4 Å². The Labute approximate surface area is 207 Å². The molecular weight excluding hydrogens is 442 g/mol. The molecule has 35 heavy (non-hydrogen) atoms. The van der Waals surface area contributed by atoms with Gasteiger partial charge in [-0.1, -0.05) is 42.0 Å². The molecule has 186 valence electrons. The summed E-state index contributed by atoms with van der Waals surface area (Å²) >= 11 is 0. The minimum Gasteiger partial charge on any atom is -0.444 e. The highest BCUT2D eigenvalue weighted by molar-refractivity contribution is 5.93. The number of nitrogens with zero attached hydrogens (tertiary/aromatic N) is 2. The summed E-state index contributed by atoms with van der Waals surface area (Å²) in [5.41, 5.74) is 3.39. The van der Waals surface area contributed by atoms with Crippen LogP contribution < -0.4 is 5.32 Å². The molecule has 0 spiro atoms. The SMILES string of the molecule is Cc1ccc(NC(=O)C2CCN(C(=O)[C@H]3Cc4ccccc4CN3C(=O)OC(C)(C)C)CC2)cc1. The summed E-state index contributed by atoms with van der Waals surface area (Å²) in [6.45, 7) is 8.81. The largest absolute Gasteiger partial charge is 0.444 e. The molecule has 0 bridgehead atoms. The van der Waals surface area contributed by atoms with Crippen LogP contribution in [0.25, 0.3) is 0 Å². The van der Waals surface area contributed by atoms with Gasteiger partial charge in [0.1, 0.15) is 11.6 Å². The van der Waals surface area contributed by atoms with E-state index in [1.54, 1.807) is 9.80 Å². The van der Waals surface area contributed by atoms with Crippen molar-refractivity contribution in [3.63, 3.8) is 0 Å². The van der Waals surface area contributed by atoms with Gasteiger partial charge in [0.25, 0.3) is 0 Å². The summed E-state index contributed by atoms with van der Waals surface area (Å²) in [5.74, 6) is -0.236. The highest BCUT2D eigenvalue weighted by atomic mass is 16.6. The molecule has 1 fully saturated rings. The second kappa shape index (κ2) is 10.1. The summed E-state index contributed by atoms with van der Waals surface area (Å²) in [7, 11) is 0. The van der Waals surface area contributed by atoms with E-state index in [-0.39, 0.29) is 17.7 Å². The summed E-state index contributed by atoms with van der Waals surface area (Å²) in [4.78, 5) is 42.8. The molecule has 2 aliphatic heterocycles. The van der Waals surface area contributed by atoms with E-state index in [4.69, 9.17) is 4.74 Å². The molecule has 1 atom stereocenters. The first-order valence-corrected chi connectivity index (χ1v) is 12.3. The molecule has 0 saturated carbocycles. The summed E-state index contributed by atoms with van der Waals surface area (Å²) in [5, 5.41) is 2.99. The monoisotopic (exact) mass is 477 g/mol. The molecule has 3 amide bonds. The van der Waals surface area contributed by atoms with E-state index in [0.717, 1.165) is 22.4 Å². The van der Waals surface area contributed by atoms with Gasteiger partial charge in [0.2, 0.25) is 11.8 Å². The smallest absolute Gasteiger partial charge is 0.411 e. The summed E-state index contributed by atoms with van der Waals surface area (Å²) in [6.07, 6.45) is 1.18. The van der Waals surface area contributed by atoms with Crippen molar-refractivity contribution in [3.8, 4) is 0 Å². The van der Waals surface area contributed by atoms with Gasteiger partial charge in [-0.25, -0.2) is 4.79 Å². The van der Waals surface area contributed by atoms with Gasteiger partial charge in [0, 0.05) is 31.1 Å². The van der Waals surface area contributed by atoms with Crippen LogP contribution in [0.3, 0.4) is 0 Å². The third kappa shape index (κ3) is 6.02. The number of hydrogen-bond acceptors (Lipinski definition) is 4. The van der Waals surface area contributed by atoms with E-state index in [0.29, 0.717) is 38.9 Å². The van der Waals surface area contributed by atoms with Crippen molar-refractivity contribution < 1.29 is 19.1 Å². The van der Waals surface area contributed by atoms with E-state index in [9.17, 15) is 14.4 Å². The Morgan fingerprint density at radius 1 is 0.943 bits per heavy atom. The maximum atomic E-state index is 13.6. The van der Waals surface area contributed by atoms with Crippen molar-refractivity contribution in [2.24, 2.45) is 5.92 Å². The van der Waals surface area contributed by atoms with Crippen LogP contribution in [0.2, 0.25) is 0 Å². The van der Waals surface area contributed by atoms with Crippen LogP contribution in [0, 0.1) is 12.8 Å². The molecular formula is C28H35N3O4. The molecule has 2 aliphatic rings. The first kappa shape index (κ1) is 24.8. The lowest BCUT2D eigenvalue weighted by Crippen LogP contribution is -2.56. The van der Waals surface area contributed by atoms with E-state index in [2.05, 4.69) is 5.32 Å². The van der Waals surface area contributed by atoms with E-state index in [1.165, 1.54) is 0 Å². The fourth-order valence-electron chi connectivity index (χ4n) is 4.71. The maximum absolute atomic E-state index is 13.6. The highest BCUT2D eigenvalue weighted by Gasteiger charge is 2.40. The second-order valence-electron chi connectivity index (χ2n) is 10.6. The number of amides is 3. The van der Waals surface area contributed by atoms with Crippen LogP contribution in [-0.2, 0) is 27.3 Å². The number of carbonyl (C=O) groups excluding carboxylic acids is 3. The Kier molecular flexibility index (Phi) is 7.15. The van der Waals surface area contributed by atoms with Crippen molar-refractivity contribution in [2.75, 3.05) is 18.4 Å². The van der Waals surface area contributed by atoms with Crippen LogP contribution in [0.4, 0.5) is 10.5 Å². The number of fused-ring (bicyclic) bond motifs is 1. The molecule has 1 saturated heterocycles. The fourth-order valence-corrected chi connectivity index (χ4v) is 4.71. The molecule has 4 rings (SSSR count). The van der Waals surface area contributed by atoms with Crippen molar-refractivity contribution in [1.29, 1.82) is 0 Å². The van der Waals surface area contributed by atoms with E-state index >= 15 is 0 Å². The van der Waals surface area contributed by atoms with Gasteiger partial charge in [0.15, 0.2) is 0 Å². The summed E-state index contributed by atoms with van der Waals surface area (Å²) < 4.78 is 5.64. The molecule has 7 nitrogen and oxygen atoms in total. The van der Waals surface area contributed by atoms with Crippen molar-refractivity contribution in [2.45, 2.75) is 65.1 Å². The summed E-state index contributed by atoms with van der Waals surface area (Å²) in [6, 6.07) is 15.0. The molecule has 2 aromatic carbocycles. The van der Waals surface area contributed by atoms with Gasteiger partial charge in [-0.05, 0) is 63.8 Å². The van der Waals surface area contributed by atoms with E-state index < -0.39 is 17.7 Å². The standard InChI is InChI=1S/C28H35N3O4/c1-19-9-11-23(12-10-19)29-25(32)20-13-15-30(16-14-20)26(33)24-17-21-7-5-6-8-22(21)18-31(24)27(34)35-28(2,3)4/h5-12,20,24H,13-18H2,1-4H3,(H,29,32)/t24-/m1/s1. The normalized spacial score (nSPS) is 18.6. The van der Waals surface area contributed by atoms with Gasteiger partial charge >= 0.3 is 6.09 Å². The Bertz CT molecular complexity index is 1080. The average molecular weight is 478 g/mol. The van der Waals surface area contributed by atoms with Crippen LogP contribution in [0.15, 0.2) is 48.5 Å². The minimum atomic E-state index is -0.648. The zero-order chi connectivity index (χ0) is 25.2. The van der Waals surface area contributed by atoms with Crippen LogP contribution in [0.1, 0.15) is 50.3 Å². The number of ether oxygens (including phenoxy) is 1. The number of anilines is 1. The van der Waals surface area contributed by atoms with Gasteiger partial charge in [0.05, 0.1) is 6.54 Å². The van der Waals surface area contributed by atoms with Crippen molar-refractivity contribution in [3.05, 3.63) is 65.2 Å². The molecule has 1 N–H and O–H groups in total. The lowest BCUT2D eigenvalue weighted by Gasteiger charge is -2.40. The van der Waals surface area contributed by atoms with Crippen LogP contribution in [0.5, 0.6) is 0 Å². The second-order valence-corrected chi connectivity index (χ2v) is 10.6. The number of benzene rings is 2. The van der Waals surface area contributed by atoms with Crippen molar-refractivity contribution >= 4 is 23.6 Å². The number of piperidine rings is 1. The Morgan fingerprint density at radius 2 is 1.57 bits per heavy atom. The van der Waals surface area contributed by atoms with Crippen molar-refractivity contribution in [1.82, 2.24) is 9.80 Å². The lowest BCUT2D eigenvalue weighted by atomic mass is 9.91. The molecule has 0 unspecified atom stereocenters. The third-order valence-corrected chi connectivity index (χ3v) is 6.66. The highest BCUT2D eigenvalue weighted by Crippen LogP contribution is 2.28. The number of likely N-dealkylation sites (tertiary alicyclic amines) is 1. The first-order valence-electron chi connectivity index (χ1n) is 12.3. The zero-order valence-corrected chi connectivity index (χ0v) is 21.0. The third-order valence-electron chi connectivity index (χ3n) is 6.66. The zero-order valence-electron chi connectivity index (χ0n) is 21.0. The quantitative estimate of drug-likeness (QED) is 0.704.